The van der Waals surface area contributed by atoms with Gasteiger partial charge in [-0.1, -0.05) is 62.1 Å². The summed E-state index contributed by atoms with van der Waals surface area (Å²) in [5.41, 5.74) is 4.23. The molecule has 7 aliphatic rings. The van der Waals surface area contributed by atoms with Crippen LogP contribution in [0, 0.1) is 5.92 Å². The van der Waals surface area contributed by atoms with Crippen molar-refractivity contribution >= 4 is 47.0 Å². The van der Waals surface area contributed by atoms with Crippen molar-refractivity contribution in [2.75, 3.05) is 103 Å². The highest BCUT2D eigenvalue weighted by molar-refractivity contribution is 6.30. The van der Waals surface area contributed by atoms with Crippen LogP contribution in [0.3, 0.4) is 0 Å². The second-order valence-electron chi connectivity index (χ2n) is 23.6. The maximum atomic E-state index is 14.4. The number of hydrogen-bond donors (Lipinski definition) is 5. The summed E-state index contributed by atoms with van der Waals surface area (Å²) in [6, 6.07) is 15.2. The van der Waals surface area contributed by atoms with Gasteiger partial charge in [0, 0.05) is 113 Å². The molecule has 19 heteroatoms. The zero-order chi connectivity index (χ0) is 54.8. The molecule has 2 aromatic carbocycles. The Bertz CT molecular complexity index is 2560. The minimum atomic E-state index is -0.574. The molecule has 18 nitrogen and oxygen atoms in total. The molecule has 0 radical (unpaired) electrons. The molecule has 1 aromatic heterocycles. The van der Waals surface area contributed by atoms with E-state index in [9.17, 15) is 29.1 Å². The molecule has 2 unspecified atom stereocenters. The predicted molar refractivity (Wildman–Crippen MR) is 303 cm³/mol. The van der Waals surface area contributed by atoms with Crippen LogP contribution >= 0.6 is 11.6 Å². The largest absolute Gasteiger partial charge is 0.387 e. The van der Waals surface area contributed by atoms with Crippen LogP contribution in [-0.2, 0) is 23.9 Å². The van der Waals surface area contributed by atoms with E-state index >= 15 is 0 Å². The van der Waals surface area contributed by atoms with Crippen LogP contribution in [0.25, 0.3) is 0 Å². The molecule has 2 saturated carbocycles. The van der Waals surface area contributed by atoms with E-state index in [0.717, 1.165) is 126 Å². The third-order valence-corrected chi connectivity index (χ3v) is 18.2. The Morgan fingerprint density at radius 1 is 0.759 bits per heavy atom. The molecule has 10 rings (SSSR count). The fourth-order valence-electron chi connectivity index (χ4n) is 13.2. The van der Waals surface area contributed by atoms with E-state index in [1.807, 2.05) is 57.2 Å². The first kappa shape index (κ1) is 57.0. The summed E-state index contributed by atoms with van der Waals surface area (Å²) < 4.78 is 6.65. The van der Waals surface area contributed by atoms with Crippen molar-refractivity contribution in [3.05, 3.63) is 87.8 Å². The van der Waals surface area contributed by atoms with Gasteiger partial charge < -0.3 is 50.7 Å². The van der Waals surface area contributed by atoms with E-state index in [1.165, 1.54) is 6.33 Å². The molecule has 5 heterocycles. The highest BCUT2D eigenvalue weighted by Gasteiger charge is 2.38. The van der Waals surface area contributed by atoms with Crippen LogP contribution in [0.4, 0.5) is 5.82 Å². The van der Waals surface area contributed by atoms with E-state index in [4.69, 9.17) is 16.3 Å². The molecule has 3 aliphatic carbocycles. The fraction of sp³-hybridized carbons (Fsp3) is 0.650. The monoisotopic (exact) mass is 1110 g/mol. The number of carbonyl (C=O) groups excluding carboxylic acids is 5. The van der Waals surface area contributed by atoms with Crippen molar-refractivity contribution in [3.8, 4) is 0 Å². The lowest BCUT2D eigenvalue weighted by molar-refractivity contribution is -0.139. The van der Waals surface area contributed by atoms with Gasteiger partial charge in [-0.25, -0.2) is 9.97 Å². The topological polar surface area (TPSA) is 205 Å². The number of fused-ring (bicyclic) bond motifs is 1. The van der Waals surface area contributed by atoms with Gasteiger partial charge in [0.05, 0.1) is 43.0 Å². The van der Waals surface area contributed by atoms with Gasteiger partial charge in [-0.15, -0.1) is 0 Å². The number of nitrogens with zero attached hydrogens (tertiary/aromatic N) is 7. The van der Waals surface area contributed by atoms with Gasteiger partial charge in [-0.3, -0.25) is 28.9 Å². The summed E-state index contributed by atoms with van der Waals surface area (Å²) in [5.74, 6) is 0.813. The van der Waals surface area contributed by atoms with Crippen LogP contribution in [0.15, 0.2) is 54.9 Å². The van der Waals surface area contributed by atoms with E-state index in [-0.39, 0.29) is 59.5 Å². The average molecular weight is 1110 g/mol. The SMILES string of the molecule is C[C@@H]1CC(O)c2ncnc(N3CCN(C(=O)[C@H](CNCCNC(=O)CN4CCC(OC5CCN(C(=O)[C@H](NC(=O)c6cccc(C7CCCN(C(=O)CNC8CC8)C7)c6)C6CCCCC6)CC5)CC4)c4ccc(Cl)cc4)CC3)c21. The maximum Gasteiger partial charge on any atom is 0.251 e. The van der Waals surface area contributed by atoms with Crippen LogP contribution in [0.1, 0.15) is 153 Å². The molecular weight excluding hydrogens is 1020 g/mol. The lowest BCUT2D eigenvalue weighted by atomic mass is 9.83. The number of likely N-dealkylation sites (tertiary alicyclic amines) is 3. The quantitative estimate of drug-likeness (QED) is 0.0935. The molecule has 5 N–H and O–H groups in total. The molecule has 6 fully saturated rings. The van der Waals surface area contributed by atoms with E-state index in [2.05, 4.69) is 54.0 Å². The number of piperidine rings is 3. The normalized spacial score (nSPS) is 23.5. The number of anilines is 1. The smallest absolute Gasteiger partial charge is 0.251 e. The van der Waals surface area contributed by atoms with Gasteiger partial charge in [-0.2, -0.15) is 0 Å². The van der Waals surface area contributed by atoms with Gasteiger partial charge in [0.25, 0.3) is 5.91 Å². The Morgan fingerprint density at radius 2 is 1.48 bits per heavy atom. The number of aliphatic hydroxyl groups is 1. The van der Waals surface area contributed by atoms with Gasteiger partial charge in [0.1, 0.15) is 18.2 Å². The van der Waals surface area contributed by atoms with Gasteiger partial charge in [0.15, 0.2) is 0 Å². The summed E-state index contributed by atoms with van der Waals surface area (Å²) in [7, 11) is 0. The van der Waals surface area contributed by atoms with E-state index < -0.39 is 18.1 Å². The second kappa shape index (κ2) is 27.0. The number of aliphatic hydroxyl groups excluding tert-OH is 1. The molecule has 79 heavy (non-hydrogen) atoms. The molecule has 0 spiro atoms. The number of halogens is 1. The van der Waals surface area contributed by atoms with Gasteiger partial charge in [-0.05, 0) is 118 Å². The number of rotatable bonds is 20. The van der Waals surface area contributed by atoms with Crippen LogP contribution < -0.4 is 26.2 Å². The maximum absolute atomic E-state index is 14.4. The third kappa shape index (κ3) is 14.8. The summed E-state index contributed by atoms with van der Waals surface area (Å²) in [6.45, 7) is 10.6. The lowest BCUT2D eigenvalue weighted by Crippen LogP contribution is -2.55. The summed E-state index contributed by atoms with van der Waals surface area (Å²) in [4.78, 5) is 87.9. The van der Waals surface area contributed by atoms with Crippen molar-refractivity contribution in [3.63, 3.8) is 0 Å². The number of aromatic nitrogens is 2. The minimum Gasteiger partial charge on any atom is -0.387 e. The summed E-state index contributed by atoms with van der Waals surface area (Å²) >= 11 is 6.25. The summed E-state index contributed by atoms with van der Waals surface area (Å²) in [6.07, 6.45) is 14.2. The first-order valence-electron chi connectivity index (χ1n) is 29.8. The Morgan fingerprint density at radius 3 is 2.22 bits per heavy atom. The zero-order valence-electron chi connectivity index (χ0n) is 46.3. The van der Waals surface area contributed by atoms with Crippen molar-refractivity contribution in [1.29, 1.82) is 0 Å². The molecule has 428 valence electrons. The highest BCUT2D eigenvalue weighted by Crippen LogP contribution is 2.43. The Labute approximate surface area is 471 Å². The zero-order valence-corrected chi connectivity index (χ0v) is 47.1. The van der Waals surface area contributed by atoms with E-state index in [1.54, 1.807) is 0 Å². The Kier molecular flexibility index (Phi) is 19.5. The number of carbonyl (C=O) groups is 5. The first-order chi connectivity index (χ1) is 38.4. The fourth-order valence-corrected chi connectivity index (χ4v) is 13.3. The van der Waals surface area contributed by atoms with Gasteiger partial charge >= 0.3 is 0 Å². The molecule has 3 aromatic rings. The van der Waals surface area contributed by atoms with Crippen molar-refractivity contribution in [2.45, 2.75) is 145 Å². The minimum absolute atomic E-state index is 0.0116. The number of hydrogen-bond acceptors (Lipinski definition) is 13. The predicted octanol–water partition coefficient (Wildman–Crippen LogP) is 5.12. The van der Waals surface area contributed by atoms with Crippen molar-refractivity contribution in [2.24, 2.45) is 5.92 Å². The third-order valence-electron chi connectivity index (χ3n) is 17.9. The van der Waals surface area contributed by atoms with Crippen molar-refractivity contribution < 1.29 is 33.8 Å². The van der Waals surface area contributed by atoms with Crippen LogP contribution in [0.2, 0.25) is 5.02 Å². The second-order valence-corrected chi connectivity index (χ2v) is 24.0. The van der Waals surface area contributed by atoms with Crippen LogP contribution in [-0.4, -0.2) is 187 Å². The molecule has 0 bridgehead atoms. The van der Waals surface area contributed by atoms with E-state index in [0.29, 0.717) is 107 Å². The molecule has 5 amide bonds. The standard InChI is InChI=1S/C60H84ClN11O7/c1-40-33-51(73)56-54(40)57(66-39-65-56)69-29-31-71(32-30-69)59(77)50(41-12-14-46(61)15-13-41)35-62-22-23-63-52(74)38-68-25-18-48(19-26-68)79-49-20-27-70(28-21-49)60(78)55(42-7-3-2-4-8-42)67-58(76)44-10-5-9-43(34-44)45-11-6-24-72(37-45)53(75)36-64-47-16-17-47/h5,9-10,12-15,34,39-40,42,45,47-51,55,62,64,73H,2-4,6-8,11,16-33,35-38H2,1H3,(H,63,74)(H,67,76)/t40-,45?,50-,51?,55-/m1/s1. The van der Waals surface area contributed by atoms with Gasteiger partial charge in [0.2, 0.25) is 23.6 Å². The number of nitrogens with one attached hydrogen (secondary N) is 4. The molecule has 5 atom stereocenters. The lowest BCUT2D eigenvalue weighted by Gasteiger charge is -2.39. The Hall–Kier alpha value is -5.24. The number of piperazine rings is 1. The number of amides is 5. The molecule has 4 aliphatic heterocycles. The highest BCUT2D eigenvalue weighted by atomic mass is 35.5. The van der Waals surface area contributed by atoms with Crippen molar-refractivity contribution in [1.82, 2.24) is 50.8 Å². The average Bonchev–Trinajstić information content (AvgIpc) is 4.35. The Balaban J connectivity index is 0.629. The molecular formula is C60H84ClN11O7. The first-order valence-corrected chi connectivity index (χ1v) is 30.2. The number of benzene rings is 2. The molecule has 4 saturated heterocycles. The van der Waals surface area contributed by atoms with Crippen LogP contribution in [0.5, 0.6) is 0 Å². The summed E-state index contributed by atoms with van der Waals surface area (Å²) in [5, 5.41) is 24.2. The number of ether oxygens (including phenoxy) is 1.